The Morgan fingerprint density at radius 2 is 1.88 bits per heavy atom. The maximum absolute atomic E-state index is 9.30. The number of hydrogen-bond acceptors (Lipinski definition) is 2. The molecular weight excluding hydrogens is 212 g/mol. The number of benzene rings is 1. The van der Waals surface area contributed by atoms with Gasteiger partial charge in [-0.3, -0.25) is 0 Å². The summed E-state index contributed by atoms with van der Waals surface area (Å²) in [5.41, 5.74) is 4.18. The van der Waals surface area contributed by atoms with Gasteiger partial charge in [-0.05, 0) is 36.8 Å². The Kier molecular flexibility index (Phi) is 2.11. The van der Waals surface area contributed by atoms with Crippen LogP contribution in [0.25, 0.3) is 16.8 Å². The zero-order valence-corrected chi connectivity index (χ0v) is 9.46. The molecule has 0 saturated heterocycles. The molecule has 2 aromatic heterocycles. The van der Waals surface area contributed by atoms with E-state index in [1.165, 1.54) is 0 Å². The van der Waals surface area contributed by atoms with Gasteiger partial charge < -0.3 is 9.51 Å². The predicted molar refractivity (Wildman–Crippen MR) is 67.0 cm³/mol. The second kappa shape index (κ2) is 3.63. The van der Waals surface area contributed by atoms with Crippen LogP contribution in [-0.2, 0) is 0 Å². The second-order valence-corrected chi connectivity index (χ2v) is 4.06. The Bertz CT molecular complexity index is 668. The summed E-state index contributed by atoms with van der Waals surface area (Å²) >= 11 is 0. The molecule has 2 heterocycles. The van der Waals surface area contributed by atoms with E-state index in [0.717, 1.165) is 22.5 Å². The number of aromatic nitrogens is 2. The van der Waals surface area contributed by atoms with Crippen LogP contribution in [0.5, 0.6) is 5.75 Å². The molecule has 0 spiro atoms. The average molecular weight is 224 g/mol. The first-order valence-electron chi connectivity index (χ1n) is 5.48. The molecule has 3 nitrogen and oxygen atoms in total. The van der Waals surface area contributed by atoms with Crippen LogP contribution in [0.3, 0.4) is 0 Å². The van der Waals surface area contributed by atoms with Crippen LogP contribution in [-0.4, -0.2) is 14.5 Å². The normalized spacial score (nSPS) is 10.9. The lowest BCUT2D eigenvalue weighted by atomic mass is 10.1. The third-order valence-corrected chi connectivity index (χ3v) is 2.90. The van der Waals surface area contributed by atoms with Crippen LogP contribution in [0.1, 0.15) is 5.69 Å². The molecule has 0 aliphatic heterocycles. The number of hydrogen-bond donors (Lipinski definition) is 1. The number of fused-ring (bicyclic) bond motifs is 1. The summed E-state index contributed by atoms with van der Waals surface area (Å²) in [5.74, 6) is 0.278. The van der Waals surface area contributed by atoms with E-state index in [-0.39, 0.29) is 5.75 Å². The lowest BCUT2D eigenvalue weighted by Gasteiger charge is -2.04. The molecule has 3 aromatic rings. The van der Waals surface area contributed by atoms with E-state index in [9.17, 15) is 5.11 Å². The van der Waals surface area contributed by atoms with Gasteiger partial charge in [-0.1, -0.05) is 12.1 Å². The van der Waals surface area contributed by atoms with Crippen molar-refractivity contribution >= 4 is 5.65 Å². The van der Waals surface area contributed by atoms with E-state index in [2.05, 4.69) is 9.38 Å². The summed E-state index contributed by atoms with van der Waals surface area (Å²) < 4.78 is 2.06. The fraction of sp³-hybridized carbons (Fsp3) is 0.0714. The number of rotatable bonds is 1. The number of phenols is 1. The molecule has 0 unspecified atom stereocenters. The number of aromatic hydroxyl groups is 1. The van der Waals surface area contributed by atoms with Gasteiger partial charge in [0.05, 0.1) is 0 Å². The predicted octanol–water partition coefficient (Wildman–Crippen LogP) is 3.02. The van der Waals surface area contributed by atoms with E-state index in [1.807, 2.05) is 43.6 Å². The smallest absolute Gasteiger partial charge is 0.144 e. The van der Waals surface area contributed by atoms with Gasteiger partial charge in [0, 0.05) is 23.7 Å². The van der Waals surface area contributed by atoms with Crippen LogP contribution >= 0.6 is 0 Å². The van der Waals surface area contributed by atoms with E-state index in [1.54, 1.807) is 12.1 Å². The van der Waals surface area contributed by atoms with E-state index in [0.29, 0.717) is 0 Å². The Labute approximate surface area is 99.0 Å². The highest BCUT2D eigenvalue weighted by atomic mass is 16.3. The first-order chi connectivity index (χ1) is 8.25. The maximum Gasteiger partial charge on any atom is 0.144 e. The minimum atomic E-state index is 0.278. The lowest BCUT2D eigenvalue weighted by molar-refractivity contribution is 0.475. The standard InChI is InChI=1S/C14H12N2O/c1-10-9-15-14-13(3-2-8-16(10)14)11-4-6-12(17)7-5-11/h2-9,17H,1H3. The van der Waals surface area contributed by atoms with Crippen molar-refractivity contribution in [2.24, 2.45) is 0 Å². The first kappa shape index (κ1) is 9.90. The summed E-state index contributed by atoms with van der Waals surface area (Å²) in [6.45, 7) is 2.03. The lowest BCUT2D eigenvalue weighted by Crippen LogP contribution is -1.89. The molecule has 84 valence electrons. The van der Waals surface area contributed by atoms with Crippen molar-refractivity contribution < 1.29 is 5.11 Å². The highest BCUT2D eigenvalue weighted by Crippen LogP contribution is 2.25. The maximum atomic E-state index is 9.30. The zero-order chi connectivity index (χ0) is 11.8. The number of aryl methyl sites for hydroxylation is 1. The molecule has 0 fully saturated rings. The van der Waals surface area contributed by atoms with Crippen molar-refractivity contribution in [3.8, 4) is 16.9 Å². The molecule has 0 atom stereocenters. The van der Waals surface area contributed by atoms with E-state index in [4.69, 9.17) is 0 Å². The topological polar surface area (TPSA) is 37.5 Å². The van der Waals surface area contributed by atoms with Crippen LogP contribution in [0.15, 0.2) is 48.8 Å². The third-order valence-electron chi connectivity index (χ3n) is 2.90. The average Bonchev–Trinajstić information content (AvgIpc) is 2.73. The van der Waals surface area contributed by atoms with Crippen molar-refractivity contribution in [2.45, 2.75) is 6.92 Å². The van der Waals surface area contributed by atoms with Gasteiger partial charge in [0.15, 0.2) is 0 Å². The Morgan fingerprint density at radius 3 is 2.65 bits per heavy atom. The van der Waals surface area contributed by atoms with Gasteiger partial charge in [-0.15, -0.1) is 0 Å². The fourth-order valence-electron chi connectivity index (χ4n) is 2.00. The third kappa shape index (κ3) is 1.56. The van der Waals surface area contributed by atoms with Gasteiger partial charge >= 0.3 is 0 Å². The molecule has 0 amide bonds. The van der Waals surface area contributed by atoms with Gasteiger partial charge in [-0.2, -0.15) is 0 Å². The molecule has 0 aliphatic carbocycles. The number of phenolic OH excluding ortho intramolecular Hbond substituents is 1. The molecule has 0 radical (unpaired) electrons. The zero-order valence-electron chi connectivity index (χ0n) is 9.46. The van der Waals surface area contributed by atoms with Gasteiger partial charge in [0.2, 0.25) is 0 Å². The number of nitrogens with zero attached hydrogens (tertiary/aromatic N) is 2. The molecule has 1 aromatic carbocycles. The molecule has 0 saturated carbocycles. The van der Waals surface area contributed by atoms with Crippen molar-refractivity contribution in [3.63, 3.8) is 0 Å². The molecular formula is C14H12N2O. The Morgan fingerprint density at radius 1 is 1.12 bits per heavy atom. The molecule has 0 bridgehead atoms. The highest BCUT2D eigenvalue weighted by molar-refractivity contribution is 5.77. The fourth-order valence-corrected chi connectivity index (χ4v) is 2.00. The second-order valence-electron chi connectivity index (χ2n) is 4.06. The first-order valence-corrected chi connectivity index (χ1v) is 5.48. The number of pyridine rings is 1. The molecule has 3 heteroatoms. The minimum Gasteiger partial charge on any atom is -0.508 e. The molecule has 17 heavy (non-hydrogen) atoms. The largest absolute Gasteiger partial charge is 0.508 e. The summed E-state index contributed by atoms with van der Waals surface area (Å²) in [6, 6.07) is 11.2. The summed E-state index contributed by atoms with van der Waals surface area (Å²) in [7, 11) is 0. The van der Waals surface area contributed by atoms with E-state index < -0.39 is 0 Å². The van der Waals surface area contributed by atoms with Crippen LogP contribution in [0.2, 0.25) is 0 Å². The molecule has 0 aliphatic rings. The Hall–Kier alpha value is -2.29. The summed E-state index contributed by atoms with van der Waals surface area (Å²) in [4.78, 5) is 4.42. The summed E-state index contributed by atoms with van der Waals surface area (Å²) in [5, 5.41) is 9.30. The van der Waals surface area contributed by atoms with Crippen LogP contribution in [0, 0.1) is 6.92 Å². The molecule has 1 N–H and O–H groups in total. The van der Waals surface area contributed by atoms with Crippen LogP contribution < -0.4 is 0 Å². The van der Waals surface area contributed by atoms with Gasteiger partial charge in [0.1, 0.15) is 11.4 Å². The quantitative estimate of drug-likeness (QED) is 0.690. The van der Waals surface area contributed by atoms with Crippen molar-refractivity contribution in [1.29, 1.82) is 0 Å². The SMILES string of the molecule is Cc1cnc2c(-c3ccc(O)cc3)cccn12. The highest BCUT2D eigenvalue weighted by Gasteiger charge is 2.06. The summed E-state index contributed by atoms with van der Waals surface area (Å²) in [6.07, 6.45) is 3.86. The van der Waals surface area contributed by atoms with Gasteiger partial charge in [0.25, 0.3) is 0 Å². The monoisotopic (exact) mass is 224 g/mol. The Balaban J connectivity index is 2.26. The van der Waals surface area contributed by atoms with Gasteiger partial charge in [-0.25, -0.2) is 4.98 Å². The number of imidazole rings is 1. The van der Waals surface area contributed by atoms with Crippen molar-refractivity contribution in [3.05, 3.63) is 54.5 Å². The minimum absolute atomic E-state index is 0.278. The molecule has 3 rings (SSSR count). The van der Waals surface area contributed by atoms with Crippen LogP contribution in [0.4, 0.5) is 0 Å². The van der Waals surface area contributed by atoms with Crippen molar-refractivity contribution in [2.75, 3.05) is 0 Å². The van der Waals surface area contributed by atoms with E-state index >= 15 is 0 Å². The van der Waals surface area contributed by atoms with Crippen molar-refractivity contribution in [1.82, 2.24) is 9.38 Å².